The van der Waals surface area contributed by atoms with E-state index in [0.717, 1.165) is 18.0 Å². The van der Waals surface area contributed by atoms with Gasteiger partial charge in [0, 0.05) is 11.9 Å². The Labute approximate surface area is 84.4 Å². The van der Waals surface area contributed by atoms with Gasteiger partial charge < -0.3 is 5.32 Å². The molecule has 0 radical (unpaired) electrons. The molecule has 2 nitrogen and oxygen atoms in total. The average Bonchev–Trinajstić information content (AvgIpc) is 2.34. The van der Waals surface area contributed by atoms with Crippen LogP contribution in [0.4, 0.5) is 0 Å². The van der Waals surface area contributed by atoms with E-state index in [1.807, 2.05) is 7.05 Å². The summed E-state index contributed by atoms with van der Waals surface area (Å²) >= 11 is 1.73. The van der Waals surface area contributed by atoms with Gasteiger partial charge in [0.25, 0.3) is 0 Å². The fraction of sp³-hybridized carbons (Fsp3) is 0.700. The number of aromatic nitrogens is 1. The summed E-state index contributed by atoms with van der Waals surface area (Å²) in [5, 5.41) is 6.53. The Hall–Kier alpha value is -0.410. The highest BCUT2D eigenvalue weighted by atomic mass is 32.1. The van der Waals surface area contributed by atoms with Crippen molar-refractivity contribution < 1.29 is 0 Å². The van der Waals surface area contributed by atoms with E-state index in [4.69, 9.17) is 0 Å². The van der Waals surface area contributed by atoms with E-state index >= 15 is 0 Å². The predicted octanol–water partition coefficient (Wildman–Crippen LogP) is 2.24. The van der Waals surface area contributed by atoms with Crippen molar-refractivity contribution in [1.82, 2.24) is 10.3 Å². The Kier molecular flexibility index (Phi) is 3.45. The van der Waals surface area contributed by atoms with Gasteiger partial charge in [0.1, 0.15) is 0 Å². The van der Waals surface area contributed by atoms with Gasteiger partial charge in [0.2, 0.25) is 0 Å². The van der Waals surface area contributed by atoms with Gasteiger partial charge in [0.15, 0.2) is 0 Å². The largest absolute Gasteiger partial charge is 0.319 e. The highest BCUT2D eigenvalue weighted by molar-refractivity contribution is 7.09. The Morgan fingerprint density at radius 1 is 1.54 bits per heavy atom. The summed E-state index contributed by atoms with van der Waals surface area (Å²) in [6, 6.07) is 0. The number of hydrogen-bond donors (Lipinski definition) is 1. The molecule has 13 heavy (non-hydrogen) atoms. The number of rotatable bonds is 4. The van der Waals surface area contributed by atoms with Gasteiger partial charge in [-0.05, 0) is 25.8 Å². The summed E-state index contributed by atoms with van der Waals surface area (Å²) in [5.74, 6) is 0. The summed E-state index contributed by atoms with van der Waals surface area (Å²) < 4.78 is 0. The van der Waals surface area contributed by atoms with Crippen LogP contribution in [0.3, 0.4) is 0 Å². The van der Waals surface area contributed by atoms with Crippen LogP contribution in [0.5, 0.6) is 0 Å². The molecule has 0 fully saturated rings. The molecule has 1 aromatic heterocycles. The van der Waals surface area contributed by atoms with Crippen molar-refractivity contribution in [2.45, 2.75) is 27.2 Å². The Morgan fingerprint density at radius 3 is 2.69 bits per heavy atom. The van der Waals surface area contributed by atoms with Crippen molar-refractivity contribution in [3.05, 3.63) is 16.1 Å². The maximum atomic E-state index is 4.47. The van der Waals surface area contributed by atoms with Gasteiger partial charge in [-0.3, -0.25) is 0 Å². The quantitative estimate of drug-likeness (QED) is 0.802. The minimum absolute atomic E-state index is 0.301. The van der Waals surface area contributed by atoms with Crippen LogP contribution in [0.2, 0.25) is 0 Å². The van der Waals surface area contributed by atoms with E-state index in [2.05, 4.69) is 36.5 Å². The number of hydrogen-bond acceptors (Lipinski definition) is 3. The summed E-state index contributed by atoms with van der Waals surface area (Å²) in [7, 11) is 1.99. The molecule has 3 heteroatoms. The van der Waals surface area contributed by atoms with E-state index in [-0.39, 0.29) is 0 Å². The summed E-state index contributed by atoms with van der Waals surface area (Å²) in [6.45, 7) is 7.61. The van der Waals surface area contributed by atoms with Crippen LogP contribution in [-0.2, 0) is 6.42 Å². The highest BCUT2D eigenvalue weighted by Gasteiger charge is 2.18. The monoisotopic (exact) mass is 198 g/mol. The molecule has 1 rings (SSSR count). The first-order chi connectivity index (χ1) is 6.03. The zero-order valence-electron chi connectivity index (χ0n) is 8.85. The lowest BCUT2D eigenvalue weighted by Gasteiger charge is -2.22. The first-order valence-corrected chi connectivity index (χ1v) is 5.47. The second-order valence-electron chi connectivity index (χ2n) is 4.23. The number of thiazole rings is 1. The van der Waals surface area contributed by atoms with Crippen molar-refractivity contribution in [2.24, 2.45) is 5.41 Å². The lowest BCUT2D eigenvalue weighted by atomic mass is 9.88. The van der Waals surface area contributed by atoms with Crippen LogP contribution in [0, 0.1) is 12.3 Å². The summed E-state index contributed by atoms with van der Waals surface area (Å²) in [6.07, 6.45) is 1.05. The highest BCUT2D eigenvalue weighted by Crippen LogP contribution is 2.21. The third kappa shape index (κ3) is 3.44. The van der Waals surface area contributed by atoms with Gasteiger partial charge in [-0.25, -0.2) is 4.98 Å². The maximum Gasteiger partial charge on any atom is 0.0897 e. The summed E-state index contributed by atoms with van der Waals surface area (Å²) in [5.41, 5.74) is 1.53. The normalized spacial score (nSPS) is 12.0. The molecule has 0 saturated carbocycles. The average molecular weight is 198 g/mol. The molecule has 0 aliphatic heterocycles. The molecule has 0 amide bonds. The minimum atomic E-state index is 0.301. The number of aryl methyl sites for hydroxylation is 1. The van der Waals surface area contributed by atoms with Gasteiger partial charge in [-0.2, -0.15) is 0 Å². The minimum Gasteiger partial charge on any atom is -0.319 e. The molecule has 1 aromatic rings. The molecule has 0 aliphatic rings. The van der Waals surface area contributed by atoms with E-state index in [0.29, 0.717) is 5.41 Å². The van der Waals surface area contributed by atoms with Crippen LogP contribution >= 0.6 is 11.3 Å². The SMILES string of the molecule is CNCC(C)(C)Cc1csc(C)n1. The third-order valence-electron chi connectivity index (χ3n) is 1.98. The zero-order chi connectivity index (χ0) is 9.90. The first-order valence-electron chi connectivity index (χ1n) is 4.59. The fourth-order valence-electron chi connectivity index (χ4n) is 1.52. The molecule has 74 valence electrons. The molecule has 0 atom stereocenters. The molecule has 0 unspecified atom stereocenters. The standard InChI is InChI=1S/C10H18N2S/c1-8-12-9(6-13-8)5-10(2,3)7-11-4/h6,11H,5,7H2,1-4H3. The van der Waals surface area contributed by atoms with Crippen LogP contribution < -0.4 is 5.32 Å². The van der Waals surface area contributed by atoms with Gasteiger partial charge >= 0.3 is 0 Å². The smallest absolute Gasteiger partial charge is 0.0897 e. The van der Waals surface area contributed by atoms with Crippen LogP contribution in [0.15, 0.2) is 5.38 Å². The second kappa shape index (κ2) is 4.20. The lowest BCUT2D eigenvalue weighted by Crippen LogP contribution is -2.28. The molecule has 0 aliphatic carbocycles. The second-order valence-corrected chi connectivity index (χ2v) is 5.29. The van der Waals surface area contributed by atoms with E-state index in [1.165, 1.54) is 5.69 Å². The molecule has 0 bridgehead atoms. The predicted molar refractivity (Wildman–Crippen MR) is 58.3 cm³/mol. The lowest BCUT2D eigenvalue weighted by molar-refractivity contribution is 0.347. The number of nitrogens with zero attached hydrogens (tertiary/aromatic N) is 1. The molecular weight excluding hydrogens is 180 g/mol. The third-order valence-corrected chi connectivity index (χ3v) is 2.80. The van der Waals surface area contributed by atoms with Crippen molar-refractivity contribution >= 4 is 11.3 Å². The van der Waals surface area contributed by atoms with Gasteiger partial charge in [-0.1, -0.05) is 13.8 Å². The fourth-order valence-corrected chi connectivity index (χ4v) is 2.13. The molecule has 0 spiro atoms. The Balaban J connectivity index is 2.57. The van der Waals surface area contributed by atoms with Crippen molar-refractivity contribution in [1.29, 1.82) is 0 Å². The maximum absolute atomic E-state index is 4.47. The first kappa shape index (κ1) is 10.7. The van der Waals surface area contributed by atoms with E-state index in [1.54, 1.807) is 11.3 Å². The van der Waals surface area contributed by atoms with E-state index in [9.17, 15) is 0 Å². The Bertz CT molecular complexity index is 266. The van der Waals surface area contributed by atoms with Crippen molar-refractivity contribution in [2.75, 3.05) is 13.6 Å². The van der Waals surface area contributed by atoms with Gasteiger partial charge in [-0.15, -0.1) is 11.3 Å². The zero-order valence-corrected chi connectivity index (χ0v) is 9.66. The van der Waals surface area contributed by atoms with Crippen molar-refractivity contribution in [3.63, 3.8) is 0 Å². The van der Waals surface area contributed by atoms with Crippen molar-refractivity contribution in [3.8, 4) is 0 Å². The van der Waals surface area contributed by atoms with Gasteiger partial charge in [0.05, 0.1) is 10.7 Å². The van der Waals surface area contributed by atoms with E-state index < -0.39 is 0 Å². The molecule has 1 N–H and O–H groups in total. The Morgan fingerprint density at radius 2 is 2.23 bits per heavy atom. The molecule has 0 aromatic carbocycles. The molecule has 0 saturated heterocycles. The van der Waals surface area contributed by atoms with Crippen LogP contribution in [0.1, 0.15) is 24.5 Å². The number of nitrogens with one attached hydrogen (secondary N) is 1. The molecular formula is C10H18N2S. The van der Waals surface area contributed by atoms with Crippen LogP contribution in [-0.4, -0.2) is 18.6 Å². The van der Waals surface area contributed by atoms with Crippen LogP contribution in [0.25, 0.3) is 0 Å². The summed E-state index contributed by atoms with van der Waals surface area (Å²) in [4.78, 5) is 4.47. The topological polar surface area (TPSA) is 24.9 Å². The molecule has 1 heterocycles.